The quantitative estimate of drug-likeness (QED) is 0.886. The van der Waals surface area contributed by atoms with Crippen molar-refractivity contribution in [1.29, 1.82) is 0 Å². The van der Waals surface area contributed by atoms with Gasteiger partial charge >= 0.3 is 5.97 Å². The molecule has 0 aliphatic carbocycles. The standard InChI is InChI=1S/C13H13FO3/c1-3-4-9-10-6-8(14)5-7(2)11(10)17-12(9)13(15)16/h5-6H,3-4H2,1-2H3,(H,15,16). The third-order valence-corrected chi connectivity index (χ3v) is 2.74. The molecule has 0 unspecified atom stereocenters. The fourth-order valence-corrected chi connectivity index (χ4v) is 2.05. The first-order valence-electron chi connectivity index (χ1n) is 5.49. The number of hydrogen-bond acceptors (Lipinski definition) is 2. The van der Waals surface area contributed by atoms with Crippen LogP contribution in [0.2, 0.25) is 0 Å². The summed E-state index contributed by atoms with van der Waals surface area (Å²) in [4.78, 5) is 11.1. The molecule has 0 aliphatic rings. The Morgan fingerprint density at radius 3 is 2.76 bits per heavy atom. The smallest absolute Gasteiger partial charge is 0.372 e. The van der Waals surface area contributed by atoms with Crippen LogP contribution >= 0.6 is 0 Å². The minimum Gasteiger partial charge on any atom is -0.475 e. The van der Waals surface area contributed by atoms with E-state index in [2.05, 4.69) is 0 Å². The predicted molar refractivity (Wildman–Crippen MR) is 61.9 cm³/mol. The third kappa shape index (κ3) is 1.90. The van der Waals surface area contributed by atoms with Crippen molar-refractivity contribution in [3.63, 3.8) is 0 Å². The summed E-state index contributed by atoms with van der Waals surface area (Å²) < 4.78 is 18.7. The number of rotatable bonds is 3. The van der Waals surface area contributed by atoms with Crippen molar-refractivity contribution < 1.29 is 18.7 Å². The summed E-state index contributed by atoms with van der Waals surface area (Å²) in [6, 6.07) is 2.68. The van der Waals surface area contributed by atoms with Crippen molar-refractivity contribution in [1.82, 2.24) is 0 Å². The fourth-order valence-electron chi connectivity index (χ4n) is 2.05. The molecule has 90 valence electrons. The normalized spacial score (nSPS) is 11.0. The van der Waals surface area contributed by atoms with Crippen molar-refractivity contribution in [3.8, 4) is 0 Å². The molecule has 0 spiro atoms. The van der Waals surface area contributed by atoms with E-state index in [0.717, 1.165) is 6.42 Å². The number of benzene rings is 1. The van der Waals surface area contributed by atoms with Crippen molar-refractivity contribution >= 4 is 16.9 Å². The van der Waals surface area contributed by atoms with Gasteiger partial charge in [0, 0.05) is 10.9 Å². The maximum Gasteiger partial charge on any atom is 0.372 e. The minimum absolute atomic E-state index is 0.0736. The molecule has 0 bridgehead atoms. The van der Waals surface area contributed by atoms with Crippen LogP contribution in [0.4, 0.5) is 4.39 Å². The number of carbonyl (C=O) groups is 1. The first kappa shape index (κ1) is 11.6. The zero-order valence-corrected chi connectivity index (χ0v) is 9.71. The summed E-state index contributed by atoms with van der Waals surface area (Å²) in [6.45, 7) is 3.65. The number of carboxylic acid groups (broad SMARTS) is 1. The van der Waals surface area contributed by atoms with E-state index >= 15 is 0 Å². The molecule has 17 heavy (non-hydrogen) atoms. The van der Waals surface area contributed by atoms with Gasteiger partial charge in [-0.1, -0.05) is 13.3 Å². The first-order valence-corrected chi connectivity index (χ1v) is 5.49. The largest absolute Gasteiger partial charge is 0.475 e. The Kier molecular flexibility index (Phi) is 2.88. The van der Waals surface area contributed by atoms with Gasteiger partial charge < -0.3 is 9.52 Å². The summed E-state index contributed by atoms with van der Waals surface area (Å²) in [5.41, 5.74) is 1.66. The lowest BCUT2D eigenvalue weighted by Gasteiger charge is -1.98. The third-order valence-electron chi connectivity index (χ3n) is 2.74. The molecular formula is C13H13FO3. The van der Waals surface area contributed by atoms with Crippen LogP contribution in [0.5, 0.6) is 0 Å². The van der Waals surface area contributed by atoms with Gasteiger partial charge in [-0.05, 0) is 31.0 Å². The van der Waals surface area contributed by atoms with E-state index in [0.29, 0.717) is 28.5 Å². The van der Waals surface area contributed by atoms with E-state index in [-0.39, 0.29) is 11.6 Å². The van der Waals surface area contributed by atoms with Crippen LogP contribution in [0, 0.1) is 12.7 Å². The Bertz CT molecular complexity index is 584. The summed E-state index contributed by atoms with van der Waals surface area (Å²) in [5.74, 6) is -1.55. The van der Waals surface area contributed by atoms with Gasteiger partial charge in [0.1, 0.15) is 11.4 Å². The van der Waals surface area contributed by atoms with Gasteiger partial charge in [-0.25, -0.2) is 9.18 Å². The van der Waals surface area contributed by atoms with Gasteiger partial charge in [-0.3, -0.25) is 0 Å². The van der Waals surface area contributed by atoms with Crippen molar-refractivity contribution in [3.05, 3.63) is 34.8 Å². The van der Waals surface area contributed by atoms with Gasteiger partial charge in [0.25, 0.3) is 0 Å². The molecule has 0 aliphatic heterocycles. The maximum absolute atomic E-state index is 13.3. The van der Waals surface area contributed by atoms with E-state index in [4.69, 9.17) is 9.52 Å². The van der Waals surface area contributed by atoms with Crippen LogP contribution in [0.3, 0.4) is 0 Å². The molecule has 1 N–H and O–H groups in total. The summed E-state index contributed by atoms with van der Waals surface area (Å²) in [6.07, 6.45) is 1.35. The average Bonchev–Trinajstić information content (AvgIpc) is 2.58. The lowest BCUT2D eigenvalue weighted by atomic mass is 10.0. The Morgan fingerprint density at radius 1 is 1.47 bits per heavy atom. The predicted octanol–water partition coefficient (Wildman–Crippen LogP) is 3.53. The highest BCUT2D eigenvalue weighted by atomic mass is 19.1. The van der Waals surface area contributed by atoms with Crippen molar-refractivity contribution in [2.24, 2.45) is 0 Å². The van der Waals surface area contributed by atoms with Gasteiger partial charge in [-0.15, -0.1) is 0 Å². The molecule has 1 aromatic carbocycles. The highest BCUT2D eigenvalue weighted by Gasteiger charge is 2.20. The Balaban J connectivity index is 2.79. The van der Waals surface area contributed by atoms with Gasteiger partial charge in [0.05, 0.1) is 0 Å². The number of carboxylic acids is 1. The van der Waals surface area contributed by atoms with Gasteiger partial charge in [0.15, 0.2) is 0 Å². The summed E-state index contributed by atoms with van der Waals surface area (Å²) in [7, 11) is 0. The van der Waals surface area contributed by atoms with Crippen LogP contribution in [0.25, 0.3) is 11.0 Å². The zero-order valence-electron chi connectivity index (χ0n) is 9.71. The first-order chi connectivity index (χ1) is 8.04. The second-order valence-corrected chi connectivity index (χ2v) is 4.06. The molecular weight excluding hydrogens is 223 g/mol. The van der Waals surface area contributed by atoms with Crippen molar-refractivity contribution in [2.75, 3.05) is 0 Å². The van der Waals surface area contributed by atoms with E-state index in [1.807, 2.05) is 6.92 Å². The molecule has 0 atom stereocenters. The SMILES string of the molecule is CCCc1c(C(=O)O)oc2c(C)cc(F)cc12. The number of aryl methyl sites for hydroxylation is 2. The maximum atomic E-state index is 13.3. The van der Waals surface area contributed by atoms with E-state index in [9.17, 15) is 9.18 Å². The second kappa shape index (κ2) is 4.20. The topological polar surface area (TPSA) is 50.4 Å². The number of furan rings is 1. The highest BCUT2D eigenvalue weighted by molar-refractivity contribution is 5.96. The van der Waals surface area contributed by atoms with Crippen LogP contribution in [0.1, 0.15) is 35.0 Å². The summed E-state index contributed by atoms with van der Waals surface area (Å²) in [5, 5.41) is 9.64. The fraction of sp³-hybridized carbons (Fsp3) is 0.308. The molecule has 0 saturated heterocycles. The van der Waals surface area contributed by atoms with E-state index < -0.39 is 5.97 Å². The number of aromatic carboxylic acids is 1. The average molecular weight is 236 g/mol. The number of fused-ring (bicyclic) bond motifs is 1. The molecule has 1 heterocycles. The van der Waals surface area contributed by atoms with Crippen LogP contribution < -0.4 is 0 Å². The minimum atomic E-state index is -1.11. The van der Waals surface area contributed by atoms with Gasteiger partial charge in [-0.2, -0.15) is 0 Å². The Hall–Kier alpha value is -1.84. The zero-order chi connectivity index (χ0) is 12.6. The highest BCUT2D eigenvalue weighted by Crippen LogP contribution is 2.30. The molecule has 2 rings (SSSR count). The molecule has 0 fully saturated rings. The lowest BCUT2D eigenvalue weighted by Crippen LogP contribution is -1.98. The number of halogens is 1. The Labute approximate surface area is 97.9 Å². The van der Waals surface area contributed by atoms with Crippen molar-refractivity contribution in [2.45, 2.75) is 26.7 Å². The number of hydrogen-bond donors (Lipinski definition) is 1. The summed E-state index contributed by atoms with van der Waals surface area (Å²) >= 11 is 0. The van der Waals surface area contributed by atoms with Crippen LogP contribution in [-0.2, 0) is 6.42 Å². The molecule has 3 nitrogen and oxygen atoms in total. The molecule has 2 aromatic rings. The molecule has 0 radical (unpaired) electrons. The molecule has 0 amide bonds. The van der Waals surface area contributed by atoms with E-state index in [1.54, 1.807) is 6.92 Å². The second-order valence-electron chi connectivity index (χ2n) is 4.06. The monoisotopic (exact) mass is 236 g/mol. The van der Waals surface area contributed by atoms with Crippen LogP contribution in [-0.4, -0.2) is 11.1 Å². The molecule has 1 aromatic heterocycles. The van der Waals surface area contributed by atoms with Gasteiger partial charge in [0.2, 0.25) is 5.76 Å². The molecule has 0 saturated carbocycles. The lowest BCUT2D eigenvalue weighted by molar-refractivity contribution is 0.0663. The Morgan fingerprint density at radius 2 is 2.18 bits per heavy atom. The van der Waals surface area contributed by atoms with E-state index in [1.165, 1.54) is 12.1 Å². The molecule has 4 heteroatoms. The van der Waals surface area contributed by atoms with Crippen LogP contribution in [0.15, 0.2) is 16.5 Å².